The molecule has 1 aromatic rings. The Labute approximate surface area is 105 Å². The first-order chi connectivity index (χ1) is 8.59. The SMILES string of the molecule is CC1C(=O)NCCN1C(=O)Cc1ccccc1O. The van der Waals surface area contributed by atoms with Crippen LogP contribution in [0.2, 0.25) is 0 Å². The standard InChI is InChI=1S/C13H16N2O3/c1-9-13(18)14-6-7-15(9)12(17)8-10-4-2-3-5-11(10)16/h2-5,9,16H,6-8H2,1H3,(H,14,18). The van der Waals surface area contributed by atoms with Gasteiger partial charge in [0.15, 0.2) is 0 Å². The second-order valence-electron chi connectivity index (χ2n) is 4.36. The molecule has 2 N–H and O–H groups in total. The minimum absolute atomic E-state index is 0.111. The van der Waals surface area contributed by atoms with E-state index in [1.54, 1.807) is 36.1 Å². The fraction of sp³-hybridized carbons (Fsp3) is 0.385. The lowest BCUT2D eigenvalue weighted by Gasteiger charge is -2.32. The van der Waals surface area contributed by atoms with Crippen molar-refractivity contribution in [1.29, 1.82) is 0 Å². The van der Waals surface area contributed by atoms with Crippen LogP contribution in [0.15, 0.2) is 24.3 Å². The second-order valence-corrected chi connectivity index (χ2v) is 4.36. The van der Waals surface area contributed by atoms with E-state index < -0.39 is 6.04 Å². The number of hydrogen-bond acceptors (Lipinski definition) is 3. The summed E-state index contributed by atoms with van der Waals surface area (Å²) in [6.07, 6.45) is 0.115. The highest BCUT2D eigenvalue weighted by atomic mass is 16.3. The van der Waals surface area contributed by atoms with Crippen molar-refractivity contribution in [3.05, 3.63) is 29.8 Å². The van der Waals surface area contributed by atoms with Crippen LogP contribution in [0.1, 0.15) is 12.5 Å². The van der Waals surface area contributed by atoms with E-state index >= 15 is 0 Å². The van der Waals surface area contributed by atoms with E-state index in [4.69, 9.17) is 0 Å². The van der Waals surface area contributed by atoms with Crippen molar-refractivity contribution in [2.75, 3.05) is 13.1 Å². The number of aromatic hydroxyl groups is 1. The van der Waals surface area contributed by atoms with Crippen LogP contribution < -0.4 is 5.32 Å². The average Bonchev–Trinajstić information content (AvgIpc) is 2.35. The molecule has 2 rings (SSSR count). The number of carbonyl (C=O) groups is 2. The van der Waals surface area contributed by atoms with E-state index in [0.29, 0.717) is 18.7 Å². The first-order valence-electron chi connectivity index (χ1n) is 5.93. The minimum Gasteiger partial charge on any atom is -0.508 e. The smallest absolute Gasteiger partial charge is 0.242 e. The summed E-state index contributed by atoms with van der Waals surface area (Å²) in [5, 5.41) is 12.3. The lowest BCUT2D eigenvalue weighted by molar-refractivity contribution is -0.142. The number of para-hydroxylation sites is 1. The Kier molecular flexibility index (Phi) is 3.50. The van der Waals surface area contributed by atoms with E-state index in [-0.39, 0.29) is 24.0 Å². The van der Waals surface area contributed by atoms with E-state index in [9.17, 15) is 14.7 Å². The molecule has 5 nitrogen and oxygen atoms in total. The van der Waals surface area contributed by atoms with Gasteiger partial charge in [0.25, 0.3) is 0 Å². The van der Waals surface area contributed by atoms with Gasteiger partial charge in [-0.15, -0.1) is 0 Å². The Morgan fingerprint density at radius 1 is 1.50 bits per heavy atom. The van der Waals surface area contributed by atoms with Crippen LogP contribution in [-0.4, -0.2) is 41.0 Å². The van der Waals surface area contributed by atoms with Gasteiger partial charge >= 0.3 is 0 Å². The second kappa shape index (κ2) is 5.08. The van der Waals surface area contributed by atoms with Gasteiger partial charge in [-0.3, -0.25) is 9.59 Å². The third-order valence-electron chi connectivity index (χ3n) is 3.15. The van der Waals surface area contributed by atoms with Crippen LogP contribution in [0.25, 0.3) is 0 Å². The number of carbonyl (C=O) groups excluding carboxylic acids is 2. The Balaban J connectivity index is 2.08. The van der Waals surface area contributed by atoms with Crippen LogP contribution in [0, 0.1) is 0 Å². The molecule has 1 atom stereocenters. The number of phenols is 1. The zero-order chi connectivity index (χ0) is 13.1. The lowest BCUT2D eigenvalue weighted by Crippen LogP contribution is -2.56. The number of nitrogens with zero attached hydrogens (tertiary/aromatic N) is 1. The molecule has 96 valence electrons. The van der Waals surface area contributed by atoms with Gasteiger partial charge in [0.1, 0.15) is 11.8 Å². The van der Waals surface area contributed by atoms with Crippen molar-refractivity contribution >= 4 is 11.8 Å². The zero-order valence-corrected chi connectivity index (χ0v) is 10.2. The number of hydrogen-bond donors (Lipinski definition) is 2. The highest BCUT2D eigenvalue weighted by Gasteiger charge is 2.29. The number of piperazine rings is 1. The van der Waals surface area contributed by atoms with Crippen molar-refractivity contribution in [3.63, 3.8) is 0 Å². The number of benzene rings is 1. The molecule has 1 aliphatic rings. The predicted octanol–water partition coefficient (Wildman–Crippen LogP) is 0.282. The summed E-state index contributed by atoms with van der Waals surface area (Å²) in [7, 11) is 0. The maximum Gasteiger partial charge on any atom is 0.242 e. The number of nitrogens with one attached hydrogen (secondary N) is 1. The van der Waals surface area contributed by atoms with Gasteiger partial charge in [-0.25, -0.2) is 0 Å². The number of rotatable bonds is 2. The van der Waals surface area contributed by atoms with Crippen LogP contribution in [-0.2, 0) is 16.0 Å². The quantitative estimate of drug-likeness (QED) is 0.790. The van der Waals surface area contributed by atoms with Gasteiger partial charge in [0.2, 0.25) is 11.8 Å². The molecule has 1 heterocycles. The molecule has 2 amide bonds. The molecule has 5 heteroatoms. The van der Waals surface area contributed by atoms with Gasteiger partial charge in [-0.2, -0.15) is 0 Å². The molecule has 0 spiro atoms. The molecule has 18 heavy (non-hydrogen) atoms. The topological polar surface area (TPSA) is 69.6 Å². The minimum atomic E-state index is -0.447. The van der Waals surface area contributed by atoms with Crippen LogP contribution in [0.3, 0.4) is 0 Å². The fourth-order valence-corrected chi connectivity index (χ4v) is 2.05. The van der Waals surface area contributed by atoms with Gasteiger partial charge in [0, 0.05) is 18.7 Å². The third-order valence-corrected chi connectivity index (χ3v) is 3.15. The monoisotopic (exact) mass is 248 g/mol. The van der Waals surface area contributed by atoms with E-state index in [2.05, 4.69) is 5.32 Å². The largest absolute Gasteiger partial charge is 0.508 e. The Morgan fingerprint density at radius 2 is 2.22 bits per heavy atom. The first-order valence-corrected chi connectivity index (χ1v) is 5.93. The highest BCUT2D eigenvalue weighted by molar-refractivity contribution is 5.89. The molecule has 1 aliphatic heterocycles. The summed E-state index contributed by atoms with van der Waals surface area (Å²) in [6.45, 7) is 2.70. The number of amides is 2. The molecule has 0 bridgehead atoms. The maximum absolute atomic E-state index is 12.1. The molecule has 1 unspecified atom stereocenters. The molecule has 0 aliphatic carbocycles. The van der Waals surface area contributed by atoms with Crippen molar-refractivity contribution in [3.8, 4) is 5.75 Å². The van der Waals surface area contributed by atoms with Crippen molar-refractivity contribution in [1.82, 2.24) is 10.2 Å². The van der Waals surface area contributed by atoms with Gasteiger partial charge in [-0.1, -0.05) is 18.2 Å². The van der Waals surface area contributed by atoms with E-state index in [1.165, 1.54) is 0 Å². The van der Waals surface area contributed by atoms with Crippen molar-refractivity contribution in [2.24, 2.45) is 0 Å². The van der Waals surface area contributed by atoms with Gasteiger partial charge in [0.05, 0.1) is 6.42 Å². The van der Waals surface area contributed by atoms with E-state index in [1.807, 2.05) is 0 Å². The summed E-state index contributed by atoms with van der Waals surface area (Å²) in [4.78, 5) is 25.1. The summed E-state index contributed by atoms with van der Waals surface area (Å²) >= 11 is 0. The maximum atomic E-state index is 12.1. The number of phenolic OH excluding ortho intramolecular Hbond substituents is 1. The molecule has 0 radical (unpaired) electrons. The zero-order valence-electron chi connectivity index (χ0n) is 10.2. The molecule has 1 aromatic carbocycles. The summed E-state index contributed by atoms with van der Waals surface area (Å²) in [5.74, 6) is -0.161. The molecule has 1 fully saturated rings. The normalized spacial score (nSPS) is 19.5. The third kappa shape index (κ3) is 2.45. The summed E-state index contributed by atoms with van der Waals surface area (Å²) in [6, 6.07) is 6.29. The predicted molar refractivity (Wildman–Crippen MR) is 66.0 cm³/mol. The Bertz CT molecular complexity index is 473. The fourth-order valence-electron chi connectivity index (χ4n) is 2.05. The summed E-state index contributed by atoms with van der Waals surface area (Å²) < 4.78 is 0. The first kappa shape index (κ1) is 12.4. The van der Waals surface area contributed by atoms with Gasteiger partial charge in [-0.05, 0) is 13.0 Å². The average molecular weight is 248 g/mol. The Morgan fingerprint density at radius 3 is 2.94 bits per heavy atom. The van der Waals surface area contributed by atoms with Crippen LogP contribution in [0.4, 0.5) is 0 Å². The van der Waals surface area contributed by atoms with Crippen LogP contribution in [0.5, 0.6) is 5.75 Å². The van der Waals surface area contributed by atoms with Crippen molar-refractivity contribution < 1.29 is 14.7 Å². The summed E-state index contributed by atoms with van der Waals surface area (Å²) in [5.41, 5.74) is 0.584. The van der Waals surface area contributed by atoms with E-state index in [0.717, 1.165) is 0 Å². The highest BCUT2D eigenvalue weighted by Crippen LogP contribution is 2.17. The van der Waals surface area contributed by atoms with Crippen molar-refractivity contribution in [2.45, 2.75) is 19.4 Å². The molecule has 1 saturated heterocycles. The van der Waals surface area contributed by atoms with Crippen LogP contribution >= 0.6 is 0 Å². The van der Waals surface area contributed by atoms with Gasteiger partial charge < -0.3 is 15.3 Å². The lowest BCUT2D eigenvalue weighted by atomic mass is 10.1. The molecular weight excluding hydrogens is 232 g/mol. The molecule has 0 aromatic heterocycles. The molecule has 0 saturated carbocycles. The molecular formula is C13H16N2O3. The Hall–Kier alpha value is -2.04.